The molecule has 1 amide bonds. The second-order valence-electron chi connectivity index (χ2n) is 4.38. The zero-order valence-electron chi connectivity index (χ0n) is 10.2. The highest BCUT2D eigenvalue weighted by atomic mass is 79.9. The molecule has 0 saturated carbocycles. The average Bonchev–Trinajstić information content (AvgIpc) is 2.33. The number of aliphatic hydroxyl groups excluding tert-OH is 1. The summed E-state index contributed by atoms with van der Waals surface area (Å²) < 4.78 is 6.38. The first kappa shape index (κ1) is 13.5. The van der Waals surface area contributed by atoms with Gasteiger partial charge in [0.15, 0.2) is 0 Å². The van der Waals surface area contributed by atoms with Crippen LogP contribution in [-0.4, -0.2) is 36.9 Å². The van der Waals surface area contributed by atoms with Crippen LogP contribution in [0.5, 0.6) is 0 Å². The van der Waals surface area contributed by atoms with E-state index in [2.05, 4.69) is 15.9 Å². The van der Waals surface area contributed by atoms with Crippen molar-refractivity contribution in [2.75, 3.05) is 24.7 Å². The molecule has 18 heavy (non-hydrogen) atoms. The molecule has 2 rings (SSSR count). The highest BCUT2D eigenvalue weighted by Gasteiger charge is 2.27. The summed E-state index contributed by atoms with van der Waals surface area (Å²) in [5, 5.41) is 8.94. The van der Waals surface area contributed by atoms with E-state index in [-0.39, 0.29) is 25.2 Å². The van der Waals surface area contributed by atoms with Gasteiger partial charge in [-0.2, -0.15) is 0 Å². The summed E-state index contributed by atoms with van der Waals surface area (Å²) >= 11 is 3.41. The molecule has 0 radical (unpaired) electrons. The number of hydrogen-bond donors (Lipinski definition) is 1. The van der Waals surface area contributed by atoms with Gasteiger partial charge in [-0.3, -0.25) is 4.79 Å². The van der Waals surface area contributed by atoms with Crippen LogP contribution in [0, 0.1) is 6.92 Å². The van der Waals surface area contributed by atoms with Gasteiger partial charge in [-0.05, 0) is 37.1 Å². The van der Waals surface area contributed by atoms with E-state index in [9.17, 15) is 4.79 Å². The molecule has 1 saturated heterocycles. The molecule has 0 aliphatic carbocycles. The number of anilines is 1. The average molecular weight is 314 g/mol. The Labute approximate surface area is 115 Å². The van der Waals surface area contributed by atoms with Crippen molar-refractivity contribution in [3.63, 3.8) is 0 Å². The van der Waals surface area contributed by atoms with Gasteiger partial charge in [-0.1, -0.05) is 15.9 Å². The molecule has 1 aliphatic heterocycles. The maximum Gasteiger partial charge on any atom is 0.253 e. The Morgan fingerprint density at radius 2 is 2.33 bits per heavy atom. The molecule has 98 valence electrons. The van der Waals surface area contributed by atoms with E-state index in [1.165, 1.54) is 0 Å². The van der Waals surface area contributed by atoms with Gasteiger partial charge < -0.3 is 14.7 Å². The van der Waals surface area contributed by atoms with Gasteiger partial charge in [-0.15, -0.1) is 0 Å². The van der Waals surface area contributed by atoms with Gasteiger partial charge in [0.05, 0.1) is 12.6 Å². The summed E-state index contributed by atoms with van der Waals surface area (Å²) in [5.41, 5.74) is 1.96. The second kappa shape index (κ2) is 5.82. The van der Waals surface area contributed by atoms with E-state index < -0.39 is 0 Å². The number of carbonyl (C=O) groups excluding carboxylic acids is 1. The Bertz CT molecular complexity index is 450. The van der Waals surface area contributed by atoms with Gasteiger partial charge in [0.1, 0.15) is 6.61 Å². The standard InChI is InChI=1S/C13H16BrNO3/c1-9-6-10(14)2-3-12(9)15-7-11(4-5-16)18-8-13(15)17/h2-3,6,11,16H,4-5,7-8H2,1H3. The van der Waals surface area contributed by atoms with Crippen molar-refractivity contribution in [2.24, 2.45) is 0 Å². The van der Waals surface area contributed by atoms with E-state index >= 15 is 0 Å². The number of amides is 1. The van der Waals surface area contributed by atoms with Crippen molar-refractivity contribution in [3.05, 3.63) is 28.2 Å². The molecule has 1 unspecified atom stereocenters. The quantitative estimate of drug-likeness (QED) is 0.927. The smallest absolute Gasteiger partial charge is 0.253 e. The monoisotopic (exact) mass is 313 g/mol. The first-order chi connectivity index (χ1) is 8.61. The van der Waals surface area contributed by atoms with Crippen molar-refractivity contribution in [1.29, 1.82) is 0 Å². The predicted molar refractivity (Wildman–Crippen MR) is 72.7 cm³/mol. The molecule has 0 spiro atoms. The molecule has 0 bridgehead atoms. The van der Waals surface area contributed by atoms with Crippen LogP contribution in [0.3, 0.4) is 0 Å². The Morgan fingerprint density at radius 3 is 3.00 bits per heavy atom. The lowest BCUT2D eigenvalue weighted by molar-refractivity contribution is -0.129. The number of aliphatic hydroxyl groups is 1. The molecule has 1 N–H and O–H groups in total. The molecule has 1 aliphatic rings. The maximum atomic E-state index is 11.9. The van der Waals surface area contributed by atoms with Crippen molar-refractivity contribution >= 4 is 27.5 Å². The predicted octanol–water partition coefficient (Wildman–Crippen LogP) is 1.87. The lowest BCUT2D eigenvalue weighted by atomic mass is 10.1. The largest absolute Gasteiger partial charge is 0.396 e. The molecular weight excluding hydrogens is 298 g/mol. The van der Waals surface area contributed by atoms with Crippen LogP contribution in [0.25, 0.3) is 0 Å². The Kier molecular flexibility index (Phi) is 4.37. The number of morpholine rings is 1. The van der Waals surface area contributed by atoms with E-state index in [1.54, 1.807) is 4.90 Å². The minimum atomic E-state index is -0.0873. The fourth-order valence-electron chi connectivity index (χ4n) is 2.10. The fraction of sp³-hybridized carbons (Fsp3) is 0.462. The van der Waals surface area contributed by atoms with Gasteiger partial charge in [0, 0.05) is 16.8 Å². The van der Waals surface area contributed by atoms with Gasteiger partial charge in [0.2, 0.25) is 0 Å². The number of ether oxygens (including phenoxy) is 1. The third-order valence-electron chi connectivity index (χ3n) is 3.03. The van der Waals surface area contributed by atoms with Crippen LogP contribution in [0.2, 0.25) is 0 Å². The first-order valence-corrected chi connectivity index (χ1v) is 6.70. The van der Waals surface area contributed by atoms with E-state index in [1.807, 2.05) is 25.1 Å². The molecule has 1 atom stereocenters. The lowest BCUT2D eigenvalue weighted by Gasteiger charge is -2.33. The number of nitrogens with zero attached hydrogens (tertiary/aromatic N) is 1. The molecule has 1 fully saturated rings. The first-order valence-electron chi connectivity index (χ1n) is 5.91. The number of halogens is 1. The SMILES string of the molecule is Cc1cc(Br)ccc1N1CC(CCO)OCC1=O. The lowest BCUT2D eigenvalue weighted by Crippen LogP contribution is -2.47. The molecule has 1 aromatic rings. The number of hydrogen-bond acceptors (Lipinski definition) is 3. The highest BCUT2D eigenvalue weighted by molar-refractivity contribution is 9.10. The summed E-state index contributed by atoms with van der Waals surface area (Å²) in [6.07, 6.45) is 0.468. The van der Waals surface area contributed by atoms with Crippen LogP contribution in [0.1, 0.15) is 12.0 Å². The molecule has 1 aromatic carbocycles. The van der Waals surface area contributed by atoms with Crippen LogP contribution in [0.15, 0.2) is 22.7 Å². The second-order valence-corrected chi connectivity index (χ2v) is 5.30. The van der Waals surface area contributed by atoms with Crippen LogP contribution in [0.4, 0.5) is 5.69 Å². The van der Waals surface area contributed by atoms with Gasteiger partial charge in [-0.25, -0.2) is 0 Å². The Hall–Kier alpha value is -0.910. The molecule has 4 nitrogen and oxygen atoms in total. The molecule has 0 aromatic heterocycles. The van der Waals surface area contributed by atoms with Crippen molar-refractivity contribution in [1.82, 2.24) is 0 Å². The van der Waals surface area contributed by atoms with E-state index in [4.69, 9.17) is 9.84 Å². The summed E-state index contributed by atoms with van der Waals surface area (Å²) in [6, 6.07) is 5.84. The van der Waals surface area contributed by atoms with Crippen LogP contribution in [-0.2, 0) is 9.53 Å². The van der Waals surface area contributed by atoms with Gasteiger partial charge >= 0.3 is 0 Å². The zero-order valence-corrected chi connectivity index (χ0v) is 11.8. The summed E-state index contributed by atoms with van der Waals surface area (Å²) in [5.74, 6) is -0.0328. The number of benzene rings is 1. The Balaban J connectivity index is 2.21. The third-order valence-corrected chi connectivity index (χ3v) is 3.52. The zero-order chi connectivity index (χ0) is 13.1. The van der Waals surface area contributed by atoms with Gasteiger partial charge in [0.25, 0.3) is 5.91 Å². The number of carbonyl (C=O) groups is 1. The summed E-state index contributed by atoms with van der Waals surface area (Å²) in [4.78, 5) is 13.7. The Morgan fingerprint density at radius 1 is 1.56 bits per heavy atom. The summed E-state index contributed by atoms with van der Waals surface area (Å²) in [6.45, 7) is 2.64. The topological polar surface area (TPSA) is 49.8 Å². The van der Waals surface area contributed by atoms with Crippen molar-refractivity contribution < 1.29 is 14.6 Å². The minimum absolute atomic E-state index is 0.0328. The number of aryl methyl sites for hydroxylation is 1. The van der Waals surface area contributed by atoms with Crippen LogP contribution >= 0.6 is 15.9 Å². The fourth-order valence-corrected chi connectivity index (χ4v) is 2.57. The third kappa shape index (κ3) is 2.91. The number of rotatable bonds is 3. The summed E-state index contributed by atoms with van der Waals surface area (Å²) in [7, 11) is 0. The minimum Gasteiger partial charge on any atom is -0.396 e. The van der Waals surface area contributed by atoms with E-state index in [0.29, 0.717) is 13.0 Å². The van der Waals surface area contributed by atoms with Crippen molar-refractivity contribution in [2.45, 2.75) is 19.4 Å². The van der Waals surface area contributed by atoms with Crippen LogP contribution < -0.4 is 4.90 Å². The maximum absolute atomic E-state index is 11.9. The molecule has 5 heteroatoms. The highest BCUT2D eigenvalue weighted by Crippen LogP contribution is 2.26. The molecule has 1 heterocycles. The molecular formula is C13H16BrNO3. The normalized spacial score (nSPS) is 20.3. The van der Waals surface area contributed by atoms with Crippen molar-refractivity contribution in [3.8, 4) is 0 Å². The van der Waals surface area contributed by atoms with E-state index in [0.717, 1.165) is 15.7 Å².